The average molecular weight is 160 g/mol. The van der Waals surface area contributed by atoms with Gasteiger partial charge in [0, 0.05) is 0 Å². The maximum Gasteiger partial charge on any atom is -0.0185 e. The molecule has 1 aliphatic rings. The van der Waals surface area contributed by atoms with Crippen LogP contribution in [0.4, 0.5) is 0 Å². The van der Waals surface area contributed by atoms with E-state index in [1.165, 1.54) is 24.8 Å². The largest absolute Gasteiger partial charge is 0.0617 e. The van der Waals surface area contributed by atoms with E-state index in [2.05, 4.69) is 32.0 Å². The Balaban J connectivity index is 2.53. The Hall–Kier alpha value is -0.780. The lowest BCUT2D eigenvalue weighted by molar-refractivity contribution is 0.587. The van der Waals surface area contributed by atoms with Crippen LogP contribution in [-0.4, -0.2) is 0 Å². The maximum absolute atomic E-state index is 2.35. The minimum absolute atomic E-state index is 0.787. The highest BCUT2D eigenvalue weighted by Gasteiger charge is 2.17. The highest BCUT2D eigenvalue weighted by molar-refractivity contribution is 5.38. The fourth-order valence-corrected chi connectivity index (χ4v) is 2.41. The van der Waals surface area contributed by atoms with Crippen molar-refractivity contribution >= 4 is 0 Å². The van der Waals surface area contributed by atoms with Crippen LogP contribution in [0.3, 0.4) is 0 Å². The van der Waals surface area contributed by atoms with Gasteiger partial charge in [-0.15, -0.1) is 0 Å². The Labute approximate surface area is 74.6 Å². The molecule has 0 bridgehead atoms. The van der Waals surface area contributed by atoms with Gasteiger partial charge in [0.05, 0.1) is 0 Å². The predicted octanol–water partition coefficient (Wildman–Crippen LogP) is 3.43. The van der Waals surface area contributed by atoms with Gasteiger partial charge in [-0.3, -0.25) is 0 Å². The van der Waals surface area contributed by atoms with Gasteiger partial charge in [-0.1, -0.05) is 25.1 Å². The van der Waals surface area contributed by atoms with Crippen molar-refractivity contribution in [2.24, 2.45) is 0 Å². The molecule has 0 nitrogen and oxygen atoms in total. The van der Waals surface area contributed by atoms with Gasteiger partial charge in [0.1, 0.15) is 0 Å². The second kappa shape index (κ2) is 2.93. The van der Waals surface area contributed by atoms with E-state index in [-0.39, 0.29) is 0 Å². The minimum atomic E-state index is 0.787. The van der Waals surface area contributed by atoms with Gasteiger partial charge in [0.25, 0.3) is 0 Å². The Kier molecular flexibility index (Phi) is 1.92. The Morgan fingerprint density at radius 1 is 1.33 bits per heavy atom. The standard InChI is InChI=1S/C12H16/c1-9-5-3-7-11-8-4-6-10(2)12(9)11/h3,5,7,10H,4,6,8H2,1-2H3. The van der Waals surface area contributed by atoms with Crippen LogP contribution in [0.15, 0.2) is 18.2 Å². The number of aryl methyl sites for hydroxylation is 2. The minimum Gasteiger partial charge on any atom is -0.0617 e. The number of hydrogen-bond acceptors (Lipinski definition) is 0. The van der Waals surface area contributed by atoms with Gasteiger partial charge in [-0.05, 0) is 48.8 Å². The van der Waals surface area contributed by atoms with Crippen LogP contribution in [0.25, 0.3) is 0 Å². The molecule has 0 heterocycles. The van der Waals surface area contributed by atoms with Crippen LogP contribution in [0.1, 0.15) is 42.4 Å². The first-order valence-electron chi connectivity index (χ1n) is 4.87. The van der Waals surface area contributed by atoms with Gasteiger partial charge in [0.15, 0.2) is 0 Å². The van der Waals surface area contributed by atoms with Crippen molar-refractivity contribution in [3.8, 4) is 0 Å². The summed E-state index contributed by atoms with van der Waals surface area (Å²) in [6, 6.07) is 6.71. The zero-order chi connectivity index (χ0) is 8.55. The number of hydrogen-bond donors (Lipinski definition) is 0. The molecule has 0 fully saturated rings. The first-order valence-corrected chi connectivity index (χ1v) is 4.87. The third-order valence-corrected chi connectivity index (χ3v) is 2.99. The van der Waals surface area contributed by atoms with Crippen molar-refractivity contribution in [3.63, 3.8) is 0 Å². The molecule has 0 radical (unpaired) electrons. The second-order valence-electron chi connectivity index (χ2n) is 3.94. The molecule has 0 aliphatic heterocycles. The molecule has 12 heavy (non-hydrogen) atoms. The quantitative estimate of drug-likeness (QED) is 0.545. The van der Waals surface area contributed by atoms with Crippen molar-refractivity contribution in [1.82, 2.24) is 0 Å². The molecule has 0 N–H and O–H groups in total. The number of fused-ring (bicyclic) bond motifs is 1. The van der Waals surface area contributed by atoms with E-state index in [0.29, 0.717) is 0 Å². The van der Waals surface area contributed by atoms with Crippen molar-refractivity contribution in [2.75, 3.05) is 0 Å². The van der Waals surface area contributed by atoms with Crippen LogP contribution >= 0.6 is 0 Å². The summed E-state index contributed by atoms with van der Waals surface area (Å²) in [5, 5.41) is 0. The molecule has 64 valence electrons. The summed E-state index contributed by atoms with van der Waals surface area (Å²) in [5.74, 6) is 0.787. The summed E-state index contributed by atoms with van der Waals surface area (Å²) in [6.07, 6.45) is 4.04. The molecule has 0 saturated carbocycles. The van der Waals surface area contributed by atoms with Crippen LogP contribution in [0.5, 0.6) is 0 Å². The SMILES string of the molecule is Cc1cccc2c1C(C)CCC2. The van der Waals surface area contributed by atoms with Crippen molar-refractivity contribution < 1.29 is 0 Å². The first kappa shape index (κ1) is 7.85. The van der Waals surface area contributed by atoms with Crippen LogP contribution < -0.4 is 0 Å². The zero-order valence-corrected chi connectivity index (χ0v) is 7.93. The Bertz CT molecular complexity index is 286. The highest BCUT2D eigenvalue weighted by Crippen LogP contribution is 2.32. The fraction of sp³-hybridized carbons (Fsp3) is 0.500. The van der Waals surface area contributed by atoms with E-state index in [4.69, 9.17) is 0 Å². The summed E-state index contributed by atoms with van der Waals surface area (Å²) >= 11 is 0. The Morgan fingerprint density at radius 3 is 2.92 bits per heavy atom. The van der Waals surface area contributed by atoms with E-state index in [1.54, 1.807) is 11.1 Å². The summed E-state index contributed by atoms with van der Waals surface area (Å²) in [4.78, 5) is 0. The molecule has 1 atom stereocenters. The highest BCUT2D eigenvalue weighted by atomic mass is 14.2. The van der Waals surface area contributed by atoms with Crippen LogP contribution in [0, 0.1) is 6.92 Å². The van der Waals surface area contributed by atoms with Crippen molar-refractivity contribution in [2.45, 2.75) is 39.0 Å². The van der Waals surface area contributed by atoms with Gasteiger partial charge in [-0.2, -0.15) is 0 Å². The van der Waals surface area contributed by atoms with E-state index in [0.717, 1.165) is 5.92 Å². The normalized spacial score (nSPS) is 22.0. The van der Waals surface area contributed by atoms with E-state index in [9.17, 15) is 0 Å². The molecule has 0 heteroatoms. The topological polar surface area (TPSA) is 0 Å². The molecule has 1 unspecified atom stereocenters. The zero-order valence-electron chi connectivity index (χ0n) is 7.93. The molecule has 1 aliphatic carbocycles. The molecule has 1 aromatic carbocycles. The lowest BCUT2D eigenvalue weighted by atomic mass is 9.82. The molecule has 0 saturated heterocycles. The lowest BCUT2D eigenvalue weighted by Crippen LogP contribution is -2.08. The monoisotopic (exact) mass is 160 g/mol. The molecular weight excluding hydrogens is 144 g/mol. The summed E-state index contributed by atoms with van der Waals surface area (Å²) < 4.78 is 0. The van der Waals surface area contributed by atoms with Crippen molar-refractivity contribution in [3.05, 3.63) is 34.9 Å². The first-order chi connectivity index (χ1) is 5.79. The third kappa shape index (κ3) is 1.16. The number of rotatable bonds is 0. The van der Waals surface area contributed by atoms with E-state index in [1.807, 2.05) is 0 Å². The fourth-order valence-electron chi connectivity index (χ4n) is 2.41. The average Bonchev–Trinajstić information content (AvgIpc) is 2.04. The molecule has 0 spiro atoms. The smallest absolute Gasteiger partial charge is 0.0185 e. The summed E-state index contributed by atoms with van der Waals surface area (Å²) in [6.45, 7) is 4.59. The van der Waals surface area contributed by atoms with E-state index >= 15 is 0 Å². The van der Waals surface area contributed by atoms with Crippen LogP contribution in [0.2, 0.25) is 0 Å². The van der Waals surface area contributed by atoms with Gasteiger partial charge in [-0.25, -0.2) is 0 Å². The maximum atomic E-state index is 2.35. The molecule has 2 rings (SSSR count). The van der Waals surface area contributed by atoms with Gasteiger partial charge < -0.3 is 0 Å². The van der Waals surface area contributed by atoms with E-state index < -0.39 is 0 Å². The molecular formula is C12H16. The van der Waals surface area contributed by atoms with Crippen LogP contribution in [-0.2, 0) is 6.42 Å². The van der Waals surface area contributed by atoms with Crippen molar-refractivity contribution in [1.29, 1.82) is 0 Å². The predicted molar refractivity (Wildman–Crippen MR) is 52.5 cm³/mol. The molecule has 0 amide bonds. The lowest BCUT2D eigenvalue weighted by Gasteiger charge is -2.24. The molecule has 1 aromatic rings. The van der Waals surface area contributed by atoms with Gasteiger partial charge >= 0.3 is 0 Å². The second-order valence-corrected chi connectivity index (χ2v) is 3.94. The third-order valence-electron chi connectivity index (χ3n) is 2.99. The van der Waals surface area contributed by atoms with Gasteiger partial charge in [0.2, 0.25) is 0 Å². The number of benzene rings is 1. The summed E-state index contributed by atoms with van der Waals surface area (Å²) in [7, 11) is 0. The molecule has 0 aromatic heterocycles. The Morgan fingerprint density at radius 2 is 2.17 bits per heavy atom. The summed E-state index contributed by atoms with van der Waals surface area (Å²) in [5.41, 5.74) is 4.71.